The Labute approximate surface area is 179 Å². The summed E-state index contributed by atoms with van der Waals surface area (Å²) < 4.78 is 12.1. The Morgan fingerprint density at radius 1 is 1.10 bits per heavy atom. The maximum Gasteiger partial charge on any atom is 0.296 e. The molecule has 2 aromatic heterocycles. The first-order chi connectivity index (χ1) is 14.5. The van der Waals surface area contributed by atoms with Gasteiger partial charge < -0.3 is 9.47 Å². The summed E-state index contributed by atoms with van der Waals surface area (Å²) in [5.41, 5.74) is 0.935. The molecule has 0 N–H and O–H groups in total. The van der Waals surface area contributed by atoms with Gasteiger partial charge in [-0.2, -0.15) is 14.6 Å². The van der Waals surface area contributed by atoms with Gasteiger partial charge in [0.15, 0.2) is 0 Å². The Kier molecular flexibility index (Phi) is 5.52. The van der Waals surface area contributed by atoms with E-state index in [9.17, 15) is 9.59 Å². The minimum Gasteiger partial charge on any atom is -0.497 e. The Hall–Kier alpha value is -3.23. The van der Waals surface area contributed by atoms with E-state index in [1.54, 1.807) is 62.8 Å². The molecule has 0 radical (unpaired) electrons. The summed E-state index contributed by atoms with van der Waals surface area (Å²) >= 11 is 7.00. The number of methoxy groups -OCH3 is 2. The summed E-state index contributed by atoms with van der Waals surface area (Å²) in [7, 11) is 3.11. The number of halogens is 1. The number of ether oxygens (including phenoxy) is 2. The molecule has 4 rings (SSSR count). The summed E-state index contributed by atoms with van der Waals surface area (Å²) in [6.07, 6.45) is 1.94. The van der Waals surface area contributed by atoms with Crippen LogP contribution in [-0.2, 0) is 6.42 Å². The minimum absolute atomic E-state index is 0.193. The first-order valence-corrected chi connectivity index (χ1v) is 10.1. The highest BCUT2D eigenvalue weighted by molar-refractivity contribution is 7.15. The molecule has 4 aromatic rings. The highest BCUT2D eigenvalue weighted by Crippen LogP contribution is 2.25. The number of thiazole rings is 1. The zero-order valence-electron chi connectivity index (χ0n) is 16.1. The minimum atomic E-state index is -0.459. The van der Waals surface area contributed by atoms with Crippen molar-refractivity contribution in [1.82, 2.24) is 14.6 Å². The van der Waals surface area contributed by atoms with E-state index in [0.29, 0.717) is 26.6 Å². The smallest absolute Gasteiger partial charge is 0.296 e. The van der Waals surface area contributed by atoms with E-state index in [2.05, 4.69) is 10.1 Å². The fraction of sp³-hybridized carbons (Fsp3) is 0.143. The van der Waals surface area contributed by atoms with E-state index < -0.39 is 5.56 Å². The number of hydrogen-bond donors (Lipinski definition) is 0. The van der Waals surface area contributed by atoms with Gasteiger partial charge in [0.05, 0.1) is 18.8 Å². The molecule has 0 spiro atoms. The number of fused-ring (bicyclic) bond motifs is 1. The average Bonchev–Trinajstić information content (AvgIpc) is 3.04. The van der Waals surface area contributed by atoms with Crippen LogP contribution >= 0.6 is 22.9 Å². The molecular formula is C21H16ClN3O4S. The lowest BCUT2D eigenvalue weighted by Crippen LogP contribution is -2.28. The molecule has 152 valence electrons. The number of rotatable bonds is 5. The first-order valence-electron chi connectivity index (χ1n) is 8.89. The molecule has 0 saturated carbocycles. The van der Waals surface area contributed by atoms with Gasteiger partial charge >= 0.3 is 0 Å². The van der Waals surface area contributed by atoms with Gasteiger partial charge in [0.1, 0.15) is 17.2 Å². The molecule has 30 heavy (non-hydrogen) atoms. The third kappa shape index (κ3) is 3.92. The Morgan fingerprint density at radius 2 is 1.87 bits per heavy atom. The normalized spacial score (nSPS) is 11.8. The SMILES string of the molecule is COc1ccc(/C=c2/sc3nc(=O)c(Cc4ccc(Cl)cc4)nn3c2=O)c(OC)c1. The molecule has 2 aromatic carbocycles. The van der Waals surface area contributed by atoms with Crippen LogP contribution in [0.15, 0.2) is 52.1 Å². The molecule has 2 heterocycles. The van der Waals surface area contributed by atoms with Gasteiger partial charge in [-0.3, -0.25) is 9.59 Å². The molecule has 0 bridgehead atoms. The summed E-state index contributed by atoms with van der Waals surface area (Å²) in [5, 5.41) is 4.86. The predicted octanol–water partition coefficient (Wildman–Crippen LogP) is 2.32. The van der Waals surface area contributed by atoms with Crippen LogP contribution in [0, 0.1) is 0 Å². The van der Waals surface area contributed by atoms with Crippen LogP contribution in [0.2, 0.25) is 5.02 Å². The Balaban J connectivity index is 1.79. The maximum absolute atomic E-state index is 12.9. The second-order valence-electron chi connectivity index (χ2n) is 6.38. The first kappa shape index (κ1) is 20.1. The lowest BCUT2D eigenvalue weighted by atomic mass is 10.1. The van der Waals surface area contributed by atoms with Gasteiger partial charge in [-0.25, -0.2) is 0 Å². The Morgan fingerprint density at radius 3 is 2.57 bits per heavy atom. The van der Waals surface area contributed by atoms with Crippen molar-refractivity contribution in [3.8, 4) is 11.5 Å². The van der Waals surface area contributed by atoms with Crippen molar-refractivity contribution in [2.24, 2.45) is 0 Å². The van der Waals surface area contributed by atoms with Crippen molar-refractivity contribution in [3.05, 3.63) is 89.5 Å². The second-order valence-corrected chi connectivity index (χ2v) is 7.83. The van der Waals surface area contributed by atoms with Crippen LogP contribution in [-0.4, -0.2) is 28.8 Å². The molecule has 0 aliphatic heterocycles. The van der Waals surface area contributed by atoms with Crippen LogP contribution < -0.4 is 25.1 Å². The van der Waals surface area contributed by atoms with Crippen molar-refractivity contribution in [2.45, 2.75) is 6.42 Å². The monoisotopic (exact) mass is 441 g/mol. The lowest BCUT2D eigenvalue weighted by Gasteiger charge is -2.06. The van der Waals surface area contributed by atoms with Crippen LogP contribution in [0.1, 0.15) is 16.8 Å². The van der Waals surface area contributed by atoms with Crippen molar-refractivity contribution < 1.29 is 9.47 Å². The molecule has 0 atom stereocenters. The fourth-order valence-corrected chi connectivity index (χ4v) is 3.95. The van der Waals surface area contributed by atoms with E-state index in [-0.39, 0.29) is 22.6 Å². The summed E-state index contributed by atoms with van der Waals surface area (Å²) in [4.78, 5) is 29.6. The largest absolute Gasteiger partial charge is 0.497 e. The second kappa shape index (κ2) is 8.25. The van der Waals surface area contributed by atoms with Gasteiger partial charge in [-0.05, 0) is 35.9 Å². The zero-order valence-corrected chi connectivity index (χ0v) is 17.7. The number of nitrogens with zero attached hydrogens (tertiary/aromatic N) is 3. The summed E-state index contributed by atoms with van der Waals surface area (Å²) in [6.45, 7) is 0. The van der Waals surface area contributed by atoms with Crippen LogP contribution in [0.25, 0.3) is 11.0 Å². The maximum atomic E-state index is 12.9. The average molecular weight is 442 g/mol. The summed E-state index contributed by atoms with van der Waals surface area (Å²) in [5.74, 6) is 1.20. The molecule has 0 amide bonds. The van der Waals surface area contributed by atoms with Crippen molar-refractivity contribution >= 4 is 34.0 Å². The van der Waals surface area contributed by atoms with Gasteiger partial charge in [-0.15, -0.1) is 0 Å². The van der Waals surface area contributed by atoms with Crippen molar-refractivity contribution in [1.29, 1.82) is 0 Å². The fourth-order valence-electron chi connectivity index (χ4n) is 2.93. The molecule has 0 fully saturated rings. The lowest BCUT2D eigenvalue weighted by molar-refractivity contribution is 0.393. The van der Waals surface area contributed by atoms with E-state index >= 15 is 0 Å². The predicted molar refractivity (Wildman–Crippen MR) is 116 cm³/mol. The molecule has 0 aliphatic carbocycles. The summed E-state index contributed by atoms with van der Waals surface area (Å²) in [6, 6.07) is 12.4. The molecule has 9 heteroatoms. The standard InChI is InChI=1S/C21H16ClN3O4S/c1-28-15-8-5-13(17(11-15)29-2)10-18-20(27)25-21(30-18)23-19(26)16(24-25)9-12-3-6-14(22)7-4-12/h3-8,10-11H,9H2,1-2H3/b18-10+. The van der Waals surface area contributed by atoms with Gasteiger partial charge in [0.25, 0.3) is 11.1 Å². The number of aromatic nitrogens is 3. The van der Waals surface area contributed by atoms with E-state index in [1.165, 1.54) is 4.52 Å². The van der Waals surface area contributed by atoms with Gasteiger partial charge in [0.2, 0.25) is 4.96 Å². The highest BCUT2D eigenvalue weighted by atomic mass is 35.5. The van der Waals surface area contributed by atoms with Crippen LogP contribution in [0.5, 0.6) is 11.5 Å². The molecule has 0 unspecified atom stereocenters. The quantitative estimate of drug-likeness (QED) is 0.472. The van der Waals surface area contributed by atoms with Crippen molar-refractivity contribution in [3.63, 3.8) is 0 Å². The number of benzene rings is 2. The molecular weight excluding hydrogens is 426 g/mol. The van der Waals surface area contributed by atoms with Crippen molar-refractivity contribution in [2.75, 3.05) is 14.2 Å². The van der Waals surface area contributed by atoms with E-state index in [1.807, 2.05) is 0 Å². The molecule has 0 saturated heterocycles. The van der Waals surface area contributed by atoms with Gasteiger partial charge in [0, 0.05) is 23.1 Å². The highest BCUT2D eigenvalue weighted by Gasteiger charge is 2.12. The molecule has 0 aliphatic rings. The molecule has 7 nitrogen and oxygen atoms in total. The zero-order chi connectivity index (χ0) is 21.3. The van der Waals surface area contributed by atoms with Crippen LogP contribution in [0.4, 0.5) is 0 Å². The Bertz CT molecular complexity index is 1400. The number of hydrogen-bond acceptors (Lipinski definition) is 7. The third-order valence-electron chi connectivity index (χ3n) is 4.46. The van der Waals surface area contributed by atoms with Gasteiger partial charge in [-0.1, -0.05) is 35.1 Å². The van der Waals surface area contributed by atoms with E-state index in [0.717, 1.165) is 16.9 Å². The third-order valence-corrected chi connectivity index (χ3v) is 5.67. The topological polar surface area (TPSA) is 82.8 Å². The van der Waals surface area contributed by atoms with Crippen LogP contribution in [0.3, 0.4) is 0 Å². The van der Waals surface area contributed by atoms with E-state index in [4.69, 9.17) is 21.1 Å².